The molecule has 3 N–H and O–H groups in total. The summed E-state index contributed by atoms with van der Waals surface area (Å²) in [5, 5.41) is 3.18. The lowest BCUT2D eigenvalue weighted by atomic mass is 10.0. The number of carbonyl (C=O) groups excluding carboxylic acids is 2. The number of hydrogen-bond donors (Lipinski definition) is 2. The third-order valence-corrected chi connectivity index (χ3v) is 4.51. The molecule has 2 fully saturated rings. The van der Waals surface area contributed by atoms with Gasteiger partial charge >= 0.3 is 6.03 Å². The molecule has 0 radical (unpaired) electrons. The van der Waals surface area contributed by atoms with E-state index in [-0.39, 0.29) is 23.9 Å². The Bertz CT molecular complexity index is 297. The molecule has 3 unspecified atom stereocenters. The minimum Gasteiger partial charge on any atom is -0.369 e. The van der Waals surface area contributed by atoms with Crippen molar-refractivity contribution in [1.29, 1.82) is 0 Å². The fourth-order valence-electron chi connectivity index (χ4n) is 2.24. The molecule has 0 aromatic carbocycles. The van der Waals surface area contributed by atoms with Crippen LogP contribution in [0.5, 0.6) is 0 Å². The number of primary amides is 1. The highest BCUT2D eigenvalue weighted by molar-refractivity contribution is 7.98. The second-order valence-electron chi connectivity index (χ2n) is 3.90. The van der Waals surface area contributed by atoms with Crippen molar-refractivity contribution in [3.8, 4) is 0 Å². The maximum Gasteiger partial charge on any atom is 0.327 e. The average Bonchev–Trinajstić information content (AvgIpc) is 2.59. The Hall–Kier alpha value is -0.910. The molecule has 3 amide bonds. The highest BCUT2D eigenvalue weighted by Crippen LogP contribution is 2.38. The van der Waals surface area contributed by atoms with Crippen LogP contribution in [-0.4, -0.2) is 34.1 Å². The minimum absolute atomic E-state index is 0.0669. The SMILES string of the molecule is CCN1SC2CCC(C(N)=O)C2NC1=O. The van der Waals surface area contributed by atoms with E-state index in [0.29, 0.717) is 11.8 Å². The Morgan fingerprint density at radius 3 is 3.00 bits per heavy atom. The molecule has 1 aliphatic heterocycles. The number of amides is 3. The molecule has 5 nitrogen and oxygen atoms in total. The fourth-order valence-corrected chi connectivity index (χ4v) is 3.49. The van der Waals surface area contributed by atoms with Crippen molar-refractivity contribution < 1.29 is 9.59 Å². The van der Waals surface area contributed by atoms with E-state index in [4.69, 9.17) is 5.73 Å². The van der Waals surface area contributed by atoms with Gasteiger partial charge in [0.15, 0.2) is 0 Å². The molecule has 3 atom stereocenters. The number of hydrogen-bond acceptors (Lipinski definition) is 3. The largest absolute Gasteiger partial charge is 0.369 e. The zero-order chi connectivity index (χ0) is 11.0. The van der Waals surface area contributed by atoms with Crippen molar-refractivity contribution >= 4 is 23.9 Å². The summed E-state index contributed by atoms with van der Waals surface area (Å²) in [7, 11) is 0. The minimum atomic E-state index is -0.298. The Morgan fingerprint density at radius 2 is 2.40 bits per heavy atom. The van der Waals surface area contributed by atoms with Crippen molar-refractivity contribution in [3.05, 3.63) is 0 Å². The van der Waals surface area contributed by atoms with E-state index in [9.17, 15) is 9.59 Å². The number of rotatable bonds is 2. The van der Waals surface area contributed by atoms with Crippen LogP contribution in [0.3, 0.4) is 0 Å². The maximum absolute atomic E-state index is 11.6. The quantitative estimate of drug-likeness (QED) is 0.669. The van der Waals surface area contributed by atoms with E-state index >= 15 is 0 Å². The molecule has 1 heterocycles. The second kappa shape index (κ2) is 3.92. The number of carbonyl (C=O) groups is 2. The van der Waals surface area contributed by atoms with Gasteiger partial charge in [0, 0.05) is 11.8 Å². The van der Waals surface area contributed by atoms with E-state index in [0.717, 1.165) is 12.8 Å². The topological polar surface area (TPSA) is 75.4 Å². The summed E-state index contributed by atoms with van der Waals surface area (Å²) in [5.41, 5.74) is 5.30. The Kier molecular flexibility index (Phi) is 2.77. The molecule has 0 aromatic heterocycles. The number of nitrogens with two attached hydrogens (primary N) is 1. The van der Waals surface area contributed by atoms with Crippen molar-refractivity contribution in [2.75, 3.05) is 6.54 Å². The average molecular weight is 229 g/mol. The summed E-state index contributed by atoms with van der Waals surface area (Å²) in [6, 6.07) is -0.167. The first-order valence-corrected chi connectivity index (χ1v) is 6.01. The van der Waals surface area contributed by atoms with Gasteiger partial charge in [-0.05, 0) is 31.7 Å². The second-order valence-corrected chi connectivity index (χ2v) is 5.16. The summed E-state index contributed by atoms with van der Waals surface area (Å²) >= 11 is 1.54. The van der Waals surface area contributed by atoms with Crippen LogP contribution in [0.2, 0.25) is 0 Å². The predicted molar refractivity (Wildman–Crippen MR) is 58.0 cm³/mol. The summed E-state index contributed by atoms with van der Waals surface area (Å²) in [6.45, 7) is 2.62. The monoisotopic (exact) mass is 229 g/mol. The van der Waals surface area contributed by atoms with Crippen molar-refractivity contribution in [2.24, 2.45) is 11.7 Å². The van der Waals surface area contributed by atoms with Gasteiger partial charge in [0.1, 0.15) is 0 Å². The summed E-state index contributed by atoms with van der Waals surface area (Å²) < 4.78 is 1.70. The zero-order valence-corrected chi connectivity index (χ0v) is 9.42. The number of nitrogens with one attached hydrogen (secondary N) is 1. The van der Waals surface area contributed by atoms with E-state index < -0.39 is 0 Å². The van der Waals surface area contributed by atoms with Crippen molar-refractivity contribution in [3.63, 3.8) is 0 Å². The van der Waals surface area contributed by atoms with Gasteiger partial charge in [-0.2, -0.15) is 0 Å². The molecule has 1 saturated heterocycles. The molecule has 6 heteroatoms. The normalized spacial score (nSPS) is 34.9. The first-order chi connectivity index (χ1) is 7.13. The highest BCUT2D eigenvalue weighted by Gasteiger charge is 2.45. The van der Waals surface area contributed by atoms with E-state index in [2.05, 4.69) is 5.32 Å². The molecule has 0 spiro atoms. The van der Waals surface area contributed by atoms with Crippen LogP contribution in [0.15, 0.2) is 0 Å². The lowest BCUT2D eigenvalue weighted by Gasteiger charge is -2.35. The Morgan fingerprint density at radius 1 is 1.67 bits per heavy atom. The standard InChI is InChI=1S/C9H15N3O2S/c1-2-12-9(14)11-7-5(8(10)13)3-4-6(7)15-12/h5-7H,2-4H2,1H3,(H2,10,13)(H,11,14). The molecule has 1 saturated carbocycles. The third-order valence-electron chi connectivity index (χ3n) is 3.03. The van der Waals surface area contributed by atoms with Crippen LogP contribution in [0, 0.1) is 5.92 Å². The number of urea groups is 1. The predicted octanol–water partition coefficient (Wildman–Crippen LogP) is 0.312. The van der Waals surface area contributed by atoms with Crippen LogP contribution >= 0.6 is 11.9 Å². The highest BCUT2D eigenvalue weighted by atomic mass is 32.2. The lowest BCUT2D eigenvalue weighted by Crippen LogP contribution is -2.54. The molecular weight excluding hydrogens is 214 g/mol. The van der Waals surface area contributed by atoms with Crippen LogP contribution in [-0.2, 0) is 4.79 Å². The molecule has 15 heavy (non-hydrogen) atoms. The smallest absolute Gasteiger partial charge is 0.327 e. The first-order valence-electron chi connectivity index (χ1n) is 5.17. The van der Waals surface area contributed by atoms with E-state index in [1.807, 2.05) is 6.92 Å². The lowest BCUT2D eigenvalue weighted by molar-refractivity contribution is -0.122. The molecular formula is C9H15N3O2S. The molecule has 0 bridgehead atoms. The molecule has 1 aliphatic carbocycles. The summed E-state index contributed by atoms with van der Waals surface area (Å²) in [4.78, 5) is 22.7. The fraction of sp³-hybridized carbons (Fsp3) is 0.778. The number of fused-ring (bicyclic) bond motifs is 1. The maximum atomic E-state index is 11.6. The molecule has 84 valence electrons. The van der Waals surface area contributed by atoms with E-state index in [1.54, 1.807) is 16.3 Å². The van der Waals surface area contributed by atoms with Gasteiger partial charge in [-0.1, -0.05) is 0 Å². The Labute approximate surface area is 92.9 Å². The van der Waals surface area contributed by atoms with Gasteiger partial charge in [0.05, 0.1) is 12.0 Å². The molecule has 2 rings (SSSR count). The molecule has 0 aromatic rings. The Balaban J connectivity index is 2.09. The van der Waals surface area contributed by atoms with Gasteiger partial charge in [-0.15, -0.1) is 0 Å². The first kappa shape index (κ1) is 10.6. The van der Waals surface area contributed by atoms with Gasteiger partial charge in [-0.25, -0.2) is 4.79 Å². The van der Waals surface area contributed by atoms with Crippen LogP contribution in [0.1, 0.15) is 19.8 Å². The van der Waals surface area contributed by atoms with Gasteiger partial charge < -0.3 is 11.1 Å². The van der Waals surface area contributed by atoms with E-state index in [1.165, 1.54) is 0 Å². The van der Waals surface area contributed by atoms with Crippen LogP contribution in [0.4, 0.5) is 4.79 Å². The van der Waals surface area contributed by atoms with Gasteiger partial charge in [-0.3, -0.25) is 9.10 Å². The van der Waals surface area contributed by atoms with Gasteiger partial charge in [0.2, 0.25) is 5.91 Å². The summed E-state index contributed by atoms with van der Waals surface area (Å²) in [5.74, 6) is -0.487. The summed E-state index contributed by atoms with van der Waals surface area (Å²) in [6.07, 6.45) is 1.73. The number of nitrogens with zero attached hydrogens (tertiary/aromatic N) is 1. The van der Waals surface area contributed by atoms with Crippen molar-refractivity contribution in [1.82, 2.24) is 9.62 Å². The van der Waals surface area contributed by atoms with Crippen LogP contribution in [0.25, 0.3) is 0 Å². The van der Waals surface area contributed by atoms with Crippen molar-refractivity contribution in [2.45, 2.75) is 31.1 Å². The van der Waals surface area contributed by atoms with Gasteiger partial charge in [0.25, 0.3) is 0 Å². The molecule has 2 aliphatic rings. The van der Waals surface area contributed by atoms with Crippen LogP contribution < -0.4 is 11.1 Å². The third kappa shape index (κ3) is 1.78. The zero-order valence-electron chi connectivity index (χ0n) is 8.60.